The molecule has 2 amide bonds. The van der Waals surface area contributed by atoms with Crippen molar-refractivity contribution in [3.63, 3.8) is 0 Å². The van der Waals surface area contributed by atoms with Gasteiger partial charge >= 0.3 is 0 Å². The van der Waals surface area contributed by atoms with Crippen LogP contribution in [0.1, 0.15) is 29.8 Å². The van der Waals surface area contributed by atoms with Gasteiger partial charge in [0, 0.05) is 59.1 Å². The fourth-order valence-electron chi connectivity index (χ4n) is 5.06. The maximum Gasteiger partial charge on any atom is 0.251 e. The van der Waals surface area contributed by atoms with E-state index < -0.39 is 5.41 Å². The maximum atomic E-state index is 14.2. The van der Waals surface area contributed by atoms with Gasteiger partial charge in [0.15, 0.2) is 0 Å². The van der Waals surface area contributed by atoms with E-state index in [4.69, 9.17) is 11.6 Å². The van der Waals surface area contributed by atoms with Gasteiger partial charge in [-0.1, -0.05) is 49.7 Å². The van der Waals surface area contributed by atoms with Gasteiger partial charge in [-0.2, -0.15) is 0 Å². The number of aromatic nitrogens is 1. The number of carbonyl (C=O) groups is 2. The second-order valence-corrected chi connectivity index (χ2v) is 9.34. The standard InChI is InChI=1S/C25H25ClN4O2/c1-15(2)28-11-17-13-30(22-12-27-10-16-5-3-4-6-19(16)22)24(32)25(17)14-29-23(31)20-8-7-18(26)9-21(20)25/h3-10,12,15,17,28H,11,13-14H2,1-2H3,(H,29,31)/t17-,25-/m0/s1. The summed E-state index contributed by atoms with van der Waals surface area (Å²) in [6.45, 7) is 5.58. The molecule has 2 aliphatic rings. The molecule has 1 fully saturated rings. The Morgan fingerprint density at radius 1 is 1.22 bits per heavy atom. The number of nitrogens with zero attached hydrogens (tertiary/aromatic N) is 2. The Morgan fingerprint density at radius 2 is 2.03 bits per heavy atom. The molecular weight excluding hydrogens is 424 g/mol. The first-order valence-electron chi connectivity index (χ1n) is 10.9. The second-order valence-electron chi connectivity index (χ2n) is 8.90. The largest absolute Gasteiger partial charge is 0.351 e. The third kappa shape index (κ3) is 3.17. The highest BCUT2D eigenvalue weighted by molar-refractivity contribution is 6.31. The van der Waals surface area contributed by atoms with Crippen molar-refractivity contribution in [2.24, 2.45) is 5.92 Å². The molecule has 0 aliphatic carbocycles. The fourth-order valence-corrected chi connectivity index (χ4v) is 5.24. The minimum Gasteiger partial charge on any atom is -0.351 e. The highest BCUT2D eigenvalue weighted by Crippen LogP contribution is 2.46. The number of amides is 2. The molecule has 32 heavy (non-hydrogen) atoms. The van der Waals surface area contributed by atoms with Crippen LogP contribution in [0, 0.1) is 5.92 Å². The minimum atomic E-state index is -0.896. The lowest BCUT2D eigenvalue weighted by atomic mass is 9.68. The summed E-state index contributed by atoms with van der Waals surface area (Å²) in [5.74, 6) is -0.264. The van der Waals surface area contributed by atoms with E-state index >= 15 is 0 Å². The van der Waals surface area contributed by atoms with E-state index in [1.54, 1.807) is 24.4 Å². The van der Waals surface area contributed by atoms with Crippen molar-refractivity contribution >= 4 is 39.9 Å². The van der Waals surface area contributed by atoms with Crippen LogP contribution in [0.2, 0.25) is 5.02 Å². The number of hydrogen-bond donors (Lipinski definition) is 2. The molecule has 1 aromatic heterocycles. The van der Waals surface area contributed by atoms with Gasteiger partial charge in [0.1, 0.15) is 0 Å². The summed E-state index contributed by atoms with van der Waals surface area (Å²) in [4.78, 5) is 33.1. The van der Waals surface area contributed by atoms with E-state index in [1.165, 1.54) is 0 Å². The number of carbonyl (C=O) groups excluding carboxylic acids is 2. The summed E-state index contributed by atoms with van der Waals surface area (Å²) >= 11 is 6.36. The first kappa shape index (κ1) is 20.9. The maximum absolute atomic E-state index is 14.2. The molecule has 2 N–H and O–H groups in total. The second kappa shape index (κ2) is 7.87. The van der Waals surface area contributed by atoms with Crippen molar-refractivity contribution in [2.75, 3.05) is 24.5 Å². The Balaban J connectivity index is 1.68. The lowest BCUT2D eigenvalue weighted by Crippen LogP contribution is -2.56. The van der Waals surface area contributed by atoms with Crippen LogP contribution in [0.5, 0.6) is 0 Å². The zero-order valence-electron chi connectivity index (χ0n) is 18.1. The number of hydrogen-bond acceptors (Lipinski definition) is 4. The van der Waals surface area contributed by atoms with Gasteiger partial charge in [0.05, 0.1) is 17.3 Å². The Morgan fingerprint density at radius 3 is 2.84 bits per heavy atom. The summed E-state index contributed by atoms with van der Waals surface area (Å²) in [5.41, 5.74) is 1.12. The average molecular weight is 449 g/mol. The highest BCUT2D eigenvalue weighted by Gasteiger charge is 2.58. The van der Waals surface area contributed by atoms with E-state index in [0.717, 1.165) is 16.5 Å². The van der Waals surface area contributed by atoms with Crippen LogP contribution in [-0.4, -0.2) is 42.5 Å². The van der Waals surface area contributed by atoms with Crippen molar-refractivity contribution in [2.45, 2.75) is 25.3 Å². The Hall–Kier alpha value is -2.96. The van der Waals surface area contributed by atoms with Gasteiger partial charge in [-0.3, -0.25) is 14.6 Å². The van der Waals surface area contributed by atoms with Gasteiger partial charge in [-0.05, 0) is 23.8 Å². The predicted molar refractivity (Wildman–Crippen MR) is 126 cm³/mol. The molecule has 0 unspecified atom stereocenters. The summed E-state index contributed by atoms with van der Waals surface area (Å²) < 4.78 is 0. The molecule has 2 atom stereocenters. The lowest BCUT2D eigenvalue weighted by Gasteiger charge is -2.38. The van der Waals surface area contributed by atoms with Crippen LogP contribution in [0.15, 0.2) is 54.9 Å². The van der Waals surface area contributed by atoms with Crippen molar-refractivity contribution in [3.8, 4) is 0 Å². The van der Waals surface area contributed by atoms with Gasteiger partial charge in [-0.25, -0.2) is 0 Å². The first-order valence-corrected chi connectivity index (χ1v) is 11.3. The van der Waals surface area contributed by atoms with Crippen LogP contribution < -0.4 is 15.5 Å². The van der Waals surface area contributed by atoms with E-state index in [-0.39, 0.29) is 30.3 Å². The number of nitrogens with one attached hydrogen (secondary N) is 2. The van der Waals surface area contributed by atoms with Crippen molar-refractivity contribution in [1.82, 2.24) is 15.6 Å². The zero-order chi connectivity index (χ0) is 22.5. The smallest absolute Gasteiger partial charge is 0.251 e. The Labute approximate surface area is 192 Å². The molecule has 7 heteroatoms. The molecular formula is C25H25ClN4O2. The summed E-state index contributed by atoms with van der Waals surface area (Å²) in [7, 11) is 0. The lowest BCUT2D eigenvalue weighted by molar-refractivity contribution is -0.122. The van der Waals surface area contributed by atoms with E-state index in [2.05, 4.69) is 29.5 Å². The normalized spacial score (nSPS) is 22.6. The molecule has 6 nitrogen and oxygen atoms in total. The minimum absolute atomic E-state index is 0.0327. The van der Waals surface area contributed by atoms with E-state index in [9.17, 15) is 9.59 Å². The van der Waals surface area contributed by atoms with Gasteiger partial charge in [0.25, 0.3) is 5.91 Å². The molecule has 0 radical (unpaired) electrons. The summed E-state index contributed by atoms with van der Waals surface area (Å²) in [6, 6.07) is 13.4. The van der Waals surface area contributed by atoms with Crippen LogP contribution in [0.25, 0.3) is 10.8 Å². The number of rotatable bonds is 4. The third-order valence-electron chi connectivity index (χ3n) is 6.67. The SMILES string of the molecule is CC(C)NC[C@H]1CN(c2cncc3ccccc23)C(=O)[C@@]12CNC(=O)c1ccc(Cl)cc12. The number of halogens is 1. The van der Waals surface area contributed by atoms with Crippen LogP contribution in [0.4, 0.5) is 5.69 Å². The predicted octanol–water partition coefficient (Wildman–Crippen LogP) is 3.53. The Kier molecular flexibility index (Phi) is 5.14. The van der Waals surface area contributed by atoms with Gasteiger partial charge < -0.3 is 15.5 Å². The summed E-state index contributed by atoms with van der Waals surface area (Å²) in [5, 5.41) is 8.96. The van der Waals surface area contributed by atoms with Crippen molar-refractivity contribution < 1.29 is 9.59 Å². The highest BCUT2D eigenvalue weighted by atomic mass is 35.5. The third-order valence-corrected chi connectivity index (χ3v) is 6.91. The van der Waals surface area contributed by atoms with E-state index in [0.29, 0.717) is 29.2 Å². The number of pyridine rings is 1. The van der Waals surface area contributed by atoms with Crippen molar-refractivity contribution in [3.05, 3.63) is 71.0 Å². The molecule has 2 aromatic carbocycles. The molecule has 164 valence electrons. The monoisotopic (exact) mass is 448 g/mol. The molecule has 3 aromatic rings. The van der Waals surface area contributed by atoms with Crippen LogP contribution >= 0.6 is 11.6 Å². The number of anilines is 1. The number of fused-ring (bicyclic) bond motifs is 3. The first-order chi connectivity index (χ1) is 15.4. The Bertz CT molecular complexity index is 1220. The van der Waals surface area contributed by atoms with Crippen LogP contribution in [0.3, 0.4) is 0 Å². The molecule has 3 heterocycles. The quantitative estimate of drug-likeness (QED) is 0.640. The summed E-state index contributed by atoms with van der Waals surface area (Å²) in [6.07, 6.45) is 3.56. The molecule has 2 aliphatic heterocycles. The molecule has 0 bridgehead atoms. The topological polar surface area (TPSA) is 74.3 Å². The molecule has 1 saturated heterocycles. The molecule has 5 rings (SSSR count). The van der Waals surface area contributed by atoms with E-state index in [1.807, 2.05) is 35.4 Å². The van der Waals surface area contributed by atoms with Gasteiger partial charge in [-0.15, -0.1) is 0 Å². The molecule has 1 spiro atoms. The van der Waals surface area contributed by atoms with Crippen molar-refractivity contribution in [1.29, 1.82) is 0 Å². The van der Waals surface area contributed by atoms with Gasteiger partial charge in [0.2, 0.25) is 5.91 Å². The van der Waals surface area contributed by atoms with Crippen LogP contribution in [-0.2, 0) is 10.2 Å². The molecule has 0 saturated carbocycles. The fraction of sp³-hybridized carbons (Fsp3) is 0.320. The average Bonchev–Trinajstić information content (AvgIpc) is 3.06. The number of benzene rings is 2. The zero-order valence-corrected chi connectivity index (χ0v) is 18.8.